The van der Waals surface area contributed by atoms with Crippen molar-refractivity contribution in [1.82, 2.24) is 0 Å². The number of halogens is 2. The molecule has 4 heteroatoms. The van der Waals surface area contributed by atoms with Crippen LogP contribution >= 0.6 is 24.8 Å². The van der Waals surface area contributed by atoms with E-state index >= 15 is 0 Å². The molecule has 0 saturated carbocycles. The first-order valence-corrected chi connectivity index (χ1v) is 27.0. The monoisotopic (exact) mass is 634 g/mol. The van der Waals surface area contributed by atoms with E-state index in [2.05, 4.69) is 134 Å². The third-order valence-corrected chi connectivity index (χ3v) is 26.5. The van der Waals surface area contributed by atoms with E-state index in [1.54, 1.807) is 22.3 Å². The van der Waals surface area contributed by atoms with Crippen LogP contribution in [0.2, 0.25) is 9.26 Å². The topological polar surface area (TPSA) is 0 Å². The van der Waals surface area contributed by atoms with Crippen molar-refractivity contribution in [1.29, 1.82) is 0 Å². The molecule has 0 spiro atoms. The van der Waals surface area contributed by atoms with Gasteiger partial charge in [-0.1, -0.05) is 0 Å². The minimum atomic E-state index is -3.48. The zero-order chi connectivity index (χ0) is 25.3. The van der Waals surface area contributed by atoms with Gasteiger partial charge in [-0.2, -0.15) is 0 Å². The Morgan fingerprint density at radius 1 is 0.684 bits per heavy atom. The van der Waals surface area contributed by atoms with Crippen LogP contribution in [0.15, 0.2) is 96.1 Å². The van der Waals surface area contributed by atoms with Gasteiger partial charge in [-0.3, -0.25) is 0 Å². The Hall–Kier alpha value is -1.70. The Balaban J connectivity index is 0.00000168. The van der Waals surface area contributed by atoms with Gasteiger partial charge in [0.05, 0.1) is 0 Å². The maximum absolute atomic E-state index is 3.48. The van der Waals surface area contributed by atoms with E-state index in [-0.39, 0.29) is 24.8 Å². The summed E-state index contributed by atoms with van der Waals surface area (Å²) < 4.78 is 6.61. The Morgan fingerprint density at radius 3 is 2.05 bits per heavy atom. The van der Waals surface area contributed by atoms with E-state index < -0.39 is 17.4 Å². The van der Waals surface area contributed by atoms with Gasteiger partial charge in [0.1, 0.15) is 0 Å². The van der Waals surface area contributed by atoms with Crippen LogP contribution in [-0.2, 0) is 17.4 Å². The number of allylic oxidation sites excluding steroid dienone is 2. The van der Waals surface area contributed by atoms with E-state index in [0.717, 1.165) is 0 Å². The molecule has 0 heterocycles. The van der Waals surface area contributed by atoms with Gasteiger partial charge in [0, 0.05) is 0 Å². The minimum Gasteiger partial charge on any atom is -0.147 e. The molecule has 38 heavy (non-hydrogen) atoms. The van der Waals surface area contributed by atoms with Crippen LogP contribution in [-0.4, -0.2) is 6.88 Å². The maximum atomic E-state index is 2.74. The van der Waals surface area contributed by atoms with Gasteiger partial charge in [0.15, 0.2) is 0 Å². The molecule has 4 aromatic rings. The van der Waals surface area contributed by atoms with E-state index in [1.807, 2.05) is 0 Å². The molecule has 2 aliphatic carbocycles. The fraction of sp³-hybridized carbons (Fsp3) is 0.235. The summed E-state index contributed by atoms with van der Waals surface area (Å²) in [5.41, 5.74) is 12.0. The molecule has 2 aliphatic rings. The summed E-state index contributed by atoms with van der Waals surface area (Å²) in [6, 6.07) is 31.8. The molecule has 0 N–H and O–H groups in total. The zero-order valence-electron chi connectivity index (χ0n) is 23.0. The quantitative estimate of drug-likeness (QED) is 0.196. The van der Waals surface area contributed by atoms with Crippen molar-refractivity contribution < 1.29 is 17.4 Å². The van der Waals surface area contributed by atoms with Crippen LogP contribution in [0.25, 0.3) is 34.1 Å². The second-order valence-electron chi connectivity index (χ2n) is 12.5. The van der Waals surface area contributed by atoms with Crippen LogP contribution in [0.3, 0.4) is 0 Å². The summed E-state index contributed by atoms with van der Waals surface area (Å²) in [4.78, 5) is 0. The van der Waals surface area contributed by atoms with Gasteiger partial charge in [-0.15, -0.1) is 24.8 Å². The first kappa shape index (κ1) is 29.3. The first-order valence-electron chi connectivity index (χ1n) is 13.3. The molecule has 0 nitrogen and oxygen atoms in total. The number of hydrogen-bond donors (Lipinski definition) is 0. The van der Waals surface area contributed by atoms with Crippen LogP contribution in [0, 0.1) is 5.92 Å². The number of benzene rings is 4. The van der Waals surface area contributed by atoms with Crippen LogP contribution in [0.4, 0.5) is 0 Å². The van der Waals surface area contributed by atoms with Crippen molar-refractivity contribution in [3.05, 3.63) is 118 Å². The summed E-state index contributed by atoms with van der Waals surface area (Å²) in [7, 11) is 0. The predicted octanol–water partition coefficient (Wildman–Crippen LogP) is 9.94. The Labute approximate surface area is 242 Å². The summed E-state index contributed by atoms with van der Waals surface area (Å²) in [6.45, 7) is 9.63. The van der Waals surface area contributed by atoms with Crippen molar-refractivity contribution in [2.45, 2.75) is 37.3 Å². The van der Waals surface area contributed by atoms with Gasteiger partial charge >= 0.3 is 220 Å². The molecule has 4 aromatic carbocycles. The average Bonchev–Trinajstić information content (AvgIpc) is 3.42. The van der Waals surface area contributed by atoms with Gasteiger partial charge in [0.25, 0.3) is 0 Å². The molecule has 0 aromatic heterocycles. The van der Waals surface area contributed by atoms with E-state index in [1.165, 1.54) is 33.0 Å². The number of rotatable bonds is 4. The van der Waals surface area contributed by atoms with Gasteiger partial charge in [0.2, 0.25) is 0 Å². The summed E-state index contributed by atoms with van der Waals surface area (Å²) in [6.07, 6.45) is 5.06. The van der Waals surface area contributed by atoms with E-state index in [9.17, 15) is 0 Å². The van der Waals surface area contributed by atoms with E-state index in [4.69, 9.17) is 0 Å². The first-order chi connectivity index (χ1) is 17.2. The summed E-state index contributed by atoms with van der Waals surface area (Å²) in [5.74, 6) is 0.562. The van der Waals surface area contributed by atoms with E-state index in [0.29, 0.717) is 13.2 Å². The maximum Gasteiger partial charge on any atom is -0.147 e. The molecule has 0 saturated heterocycles. The average molecular weight is 637 g/mol. The van der Waals surface area contributed by atoms with Crippen LogP contribution in [0.1, 0.15) is 50.3 Å². The van der Waals surface area contributed by atoms with Gasteiger partial charge < -0.3 is 0 Å². The third-order valence-electron chi connectivity index (χ3n) is 8.88. The summed E-state index contributed by atoms with van der Waals surface area (Å²) >= 11 is -3.48. The van der Waals surface area contributed by atoms with Crippen molar-refractivity contribution in [2.75, 3.05) is 0 Å². The molecule has 2 atom stereocenters. The van der Waals surface area contributed by atoms with Gasteiger partial charge in [-0.05, 0) is 0 Å². The van der Waals surface area contributed by atoms with Crippen molar-refractivity contribution in [3.63, 3.8) is 0 Å². The molecule has 196 valence electrons. The second-order valence-corrected chi connectivity index (χ2v) is 42.9. The molecular formula is C34H38Cl2SiZr. The minimum absolute atomic E-state index is 0. The van der Waals surface area contributed by atoms with Crippen molar-refractivity contribution in [2.24, 2.45) is 5.92 Å². The molecular weight excluding hydrogens is 599 g/mol. The molecule has 6 rings (SSSR count). The summed E-state index contributed by atoms with van der Waals surface area (Å²) in [5, 5.41) is 2.65. The Bertz CT molecular complexity index is 1670. The van der Waals surface area contributed by atoms with Crippen LogP contribution < -0.4 is 0 Å². The zero-order valence-corrected chi connectivity index (χ0v) is 28.5. The normalized spacial score (nSPS) is 18.3. The Kier molecular flexibility index (Phi) is 7.99. The third kappa shape index (κ3) is 4.46. The smallest absolute Gasteiger partial charge is 0.147 e. The second kappa shape index (κ2) is 10.4. The molecule has 0 aliphatic heterocycles. The standard InChI is InChI=1S/C20H15.C12H13.2CH3.2ClH.H2Si.Zr/c1-14-12-16-8-5-11-19(20(16)13-14)18-10-4-7-15-6-2-3-9-17(15)18;1-9(2)12-7-10-5-3-4-6-11(10)8-12;;;;;;/h2-13H,1H3;3-9H,1-2H3;2*1H3;2*1H;1H2;. The predicted molar refractivity (Wildman–Crippen MR) is 173 cm³/mol. The molecule has 0 amide bonds. The van der Waals surface area contributed by atoms with Crippen molar-refractivity contribution in [3.8, 4) is 11.1 Å². The number of fused-ring (bicyclic) bond motifs is 3. The molecule has 0 bridgehead atoms. The SMILES string of the molecule is CC1=Cc2c(-c3cccc4ccccc34)cccc2[CH]1[Zr]([CH3])([CH3])(=[SiH2])[CH]1C(C(C)C)=Cc2ccccc21.Cl.Cl. The largest absolute Gasteiger partial charge is 0.147 e. The number of hydrogen-bond acceptors (Lipinski definition) is 0. The van der Waals surface area contributed by atoms with Crippen molar-refractivity contribution >= 4 is 54.6 Å². The van der Waals surface area contributed by atoms with Gasteiger partial charge in [-0.25, -0.2) is 0 Å². The molecule has 0 radical (unpaired) electrons. The molecule has 0 fully saturated rings. The fourth-order valence-electron chi connectivity index (χ4n) is 7.58. The Morgan fingerprint density at radius 2 is 1.29 bits per heavy atom. The molecule has 2 unspecified atom stereocenters. The fourth-order valence-corrected chi connectivity index (χ4v) is 28.2. The van der Waals surface area contributed by atoms with Crippen LogP contribution in [0.5, 0.6) is 0 Å².